The number of imidazole rings is 1. The summed E-state index contributed by atoms with van der Waals surface area (Å²) in [5.74, 6) is 0.965. The van der Waals surface area contributed by atoms with E-state index in [1.54, 1.807) is 12.3 Å². The van der Waals surface area contributed by atoms with Crippen molar-refractivity contribution in [1.29, 1.82) is 0 Å². The molecule has 4 aromatic rings. The molecule has 33 heavy (non-hydrogen) atoms. The SMILES string of the molecule is [C-]#[N+]c1ccc(-c2nc(N3CCC(N)CC3)ncc2-c2ccc3c(c2)nc(C)n3C)cc1F. The maximum atomic E-state index is 14.5. The lowest BCUT2D eigenvalue weighted by molar-refractivity contribution is 0.495. The van der Waals surface area contributed by atoms with Crippen molar-refractivity contribution >= 4 is 22.7 Å². The van der Waals surface area contributed by atoms with Crippen molar-refractivity contribution in [2.24, 2.45) is 12.8 Å². The Labute approximate surface area is 191 Å². The second-order valence-electron chi connectivity index (χ2n) is 8.46. The standard InChI is InChI=1S/C25H24FN7/c1-15-30-22-13-16(5-7-23(22)32(15)3)19-14-29-25(33-10-8-18(27)9-11-33)31-24(19)17-4-6-21(28-2)20(26)12-17/h4-7,12-14,18H,8-11,27H2,1,3H3. The molecule has 1 fully saturated rings. The van der Waals surface area contributed by atoms with Crippen LogP contribution < -0.4 is 10.6 Å². The minimum Gasteiger partial charge on any atom is -0.341 e. The summed E-state index contributed by atoms with van der Waals surface area (Å²) >= 11 is 0. The Morgan fingerprint density at radius 3 is 2.58 bits per heavy atom. The van der Waals surface area contributed by atoms with Gasteiger partial charge in [-0.2, -0.15) is 0 Å². The van der Waals surface area contributed by atoms with E-state index in [0.29, 0.717) is 17.2 Å². The molecule has 0 atom stereocenters. The van der Waals surface area contributed by atoms with Gasteiger partial charge in [-0.1, -0.05) is 18.2 Å². The summed E-state index contributed by atoms with van der Waals surface area (Å²) in [6.45, 7) is 10.7. The maximum Gasteiger partial charge on any atom is 0.225 e. The van der Waals surface area contributed by atoms with Gasteiger partial charge in [-0.25, -0.2) is 24.2 Å². The van der Waals surface area contributed by atoms with E-state index in [4.69, 9.17) is 17.3 Å². The number of hydrogen-bond donors (Lipinski definition) is 1. The van der Waals surface area contributed by atoms with Crippen LogP contribution in [0.2, 0.25) is 0 Å². The van der Waals surface area contributed by atoms with Gasteiger partial charge in [-0.05, 0) is 43.5 Å². The fraction of sp³-hybridized carbons (Fsp3) is 0.280. The number of aryl methyl sites for hydroxylation is 2. The van der Waals surface area contributed by atoms with Crippen molar-refractivity contribution in [2.75, 3.05) is 18.0 Å². The quantitative estimate of drug-likeness (QED) is 0.470. The van der Waals surface area contributed by atoms with Crippen molar-refractivity contribution in [1.82, 2.24) is 19.5 Å². The Balaban J connectivity index is 1.65. The van der Waals surface area contributed by atoms with Crippen LogP contribution in [-0.4, -0.2) is 38.7 Å². The third-order valence-electron chi connectivity index (χ3n) is 6.36. The van der Waals surface area contributed by atoms with Gasteiger partial charge in [-0.15, -0.1) is 0 Å². The normalized spacial score (nSPS) is 14.6. The highest BCUT2D eigenvalue weighted by Gasteiger charge is 2.21. The van der Waals surface area contributed by atoms with Crippen molar-refractivity contribution in [3.05, 3.63) is 65.7 Å². The molecule has 0 unspecified atom stereocenters. The first-order valence-corrected chi connectivity index (χ1v) is 10.9. The molecule has 0 radical (unpaired) electrons. The van der Waals surface area contributed by atoms with E-state index in [1.807, 2.05) is 36.7 Å². The molecule has 2 aromatic carbocycles. The Kier molecular flexibility index (Phi) is 5.27. The highest BCUT2D eigenvalue weighted by atomic mass is 19.1. The molecule has 0 saturated carbocycles. The average Bonchev–Trinajstić information content (AvgIpc) is 3.12. The number of rotatable bonds is 3. The molecular weight excluding hydrogens is 417 g/mol. The van der Waals surface area contributed by atoms with E-state index in [2.05, 4.69) is 19.7 Å². The van der Waals surface area contributed by atoms with E-state index < -0.39 is 5.82 Å². The predicted octanol–water partition coefficient (Wildman–Crippen LogP) is 4.62. The highest BCUT2D eigenvalue weighted by molar-refractivity contribution is 5.87. The number of fused-ring (bicyclic) bond motifs is 1. The molecule has 8 heteroatoms. The van der Waals surface area contributed by atoms with Gasteiger partial charge in [0.1, 0.15) is 11.6 Å². The van der Waals surface area contributed by atoms with Gasteiger partial charge in [0.25, 0.3) is 0 Å². The van der Waals surface area contributed by atoms with E-state index in [9.17, 15) is 4.39 Å². The fourth-order valence-corrected chi connectivity index (χ4v) is 4.29. The van der Waals surface area contributed by atoms with Crippen molar-refractivity contribution < 1.29 is 4.39 Å². The van der Waals surface area contributed by atoms with Gasteiger partial charge in [-0.3, -0.25) is 0 Å². The van der Waals surface area contributed by atoms with Gasteiger partial charge in [0.05, 0.1) is 23.3 Å². The smallest absolute Gasteiger partial charge is 0.225 e. The van der Waals surface area contributed by atoms with Crippen LogP contribution in [0.1, 0.15) is 18.7 Å². The van der Waals surface area contributed by atoms with Crippen LogP contribution in [0.15, 0.2) is 42.6 Å². The first-order chi connectivity index (χ1) is 15.9. The van der Waals surface area contributed by atoms with E-state index in [-0.39, 0.29) is 11.7 Å². The van der Waals surface area contributed by atoms with Gasteiger partial charge >= 0.3 is 0 Å². The number of aromatic nitrogens is 4. The Hall–Kier alpha value is -3.83. The average molecular weight is 442 g/mol. The lowest BCUT2D eigenvalue weighted by Crippen LogP contribution is -2.40. The summed E-state index contributed by atoms with van der Waals surface area (Å²) < 4.78 is 16.6. The largest absolute Gasteiger partial charge is 0.341 e. The van der Waals surface area contributed by atoms with Gasteiger partial charge < -0.3 is 15.2 Å². The van der Waals surface area contributed by atoms with Crippen LogP contribution in [0.4, 0.5) is 16.0 Å². The number of halogens is 1. The minimum atomic E-state index is -0.562. The lowest BCUT2D eigenvalue weighted by Gasteiger charge is -2.30. The van der Waals surface area contributed by atoms with Crippen LogP contribution in [0.3, 0.4) is 0 Å². The van der Waals surface area contributed by atoms with E-state index >= 15 is 0 Å². The summed E-state index contributed by atoms with van der Waals surface area (Å²) in [5.41, 5.74) is 10.9. The van der Waals surface area contributed by atoms with Crippen LogP contribution in [0.25, 0.3) is 38.3 Å². The molecule has 2 N–H and O–H groups in total. The number of benzene rings is 2. The van der Waals surface area contributed by atoms with Crippen molar-refractivity contribution in [3.8, 4) is 22.4 Å². The third kappa shape index (κ3) is 3.81. The summed E-state index contributed by atoms with van der Waals surface area (Å²) in [6, 6.07) is 10.8. The molecule has 2 aromatic heterocycles. The zero-order valence-corrected chi connectivity index (χ0v) is 18.6. The molecule has 3 heterocycles. The minimum absolute atomic E-state index is 0.00928. The predicted molar refractivity (Wildman–Crippen MR) is 128 cm³/mol. The first-order valence-electron chi connectivity index (χ1n) is 10.9. The van der Waals surface area contributed by atoms with Gasteiger partial charge in [0.2, 0.25) is 11.6 Å². The van der Waals surface area contributed by atoms with Crippen LogP contribution in [0.5, 0.6) is 0 Å². The summed E-state index contributed by atoms with van der Waals surface area (Å²) in [7, 11) is 1.99. The van der Waals surface area contributed by atoms with E-state index in [0.717, 1.165) is 53.9 Å². The number of piperidine rings is 1. The zero-order valence-electron chi connectivity index (χ0n) is 18.6. The van der Waals surface area contributed by atoms with Gasteiger partial charge in [0, 0.05) is 43.5 Å². The molecule has 5 rings (SSSR count). The molecule has 7 nitrogen and oxygen atoms in total. The third-order valence-corrected chi connectivity index (χ3v) is 6.36. The van der Waals surface area contributed by atoms with Crippen LogP contribution >= 0.6 is 0 Å². The number of nitrogens with two attached hydrogens (primary N) is 1. The second-order valence-corrected chi connectivity index (χ2v) is 8.46. The highest BCUT2D eigenvalue weighted by Crippen LogP contribution is 2.35. The molecule has 0 aliphatic carbocycles. The number of hydrogen-bond acceptors (Lipinski definition) is 5. The van der Waals surface area contributed by atoms with Crippen molar-refractivity contribution in [2.45, 2.75) is 25.8 Å². The van der Waals surface area contributed by atoms with E-state index in [1.165, 1.54) is 12.1 Å². The summed E-state index contributed by atoms with van der Waals surface area (Å²) in [5, 5.41) is 0. The molecular formula is C25H24FN7. The monoisotopic (exact) mass is 441 g/mol. The maximum absolute atomic E-state index is 14.5. The summed E-state index contributed by atoms with van der Waals surface area (Å²) in [6.07, 6.45) is 3.55. The van der Waals surface area contributed by atoms with Crippen LogP contribution in [-0.2, 0) is 7.05 Å². The number of nitrogens with zero attached hydrogens (tertiary/aromatic N) is 6. The molecule has 0 amide bonds. The molecule has 1 aliphatic rings. The second kappa shape index (κ2) is 8.26. The molecule has 0 spiro atoms. The Bertz CT molecular complexity index is 1390. The zero-order chi connectivity index (χ0) is 23.1. The fourth-order valence-electron chi connectivity index (χ4n) is 4.29. The van der Waals surface area contributed by atoms with Crippen LogP contribution in [0, 0.1) is 19.3 Å². The first kappa shape index (κ1) is 21.0. The number of anilines is 1. The molecule has 166 valence electrons. The lowest BCUT2D eigenvalue weighted by atomic mass is 10.00. The Morgan fingerprint density at radius 1 is 1.09 bits per heavy atom. The van der Waals surface area contributed by atoms with Crippen molar-refractivity contribution in [3.63, 3.8) is 0 Å². The molecule has 1 saturated heterocycles. The summed E-state index contributed by atoms with van der Waals surface area (Å²) in [4.78, 5) is 19.5. The van der Waals surface area contributed by atoms with Gasteiger partial charge in [0.15, 0.2) is 0 Å². The molecule has 0 bridgehead atoms. The topological polar surface area (TPSA) is 77.2 Å². The Morgan fingerprint density at radius 2 is 1.85 bits per heavy atom. The molecule has 1 aliphatic heterocycles.